The molecule has 4 nitrogen and oxygen atoms in total. The van der Waals surface area contributed by atoms with E-state index in [0.717, 1.165) is 18.1 Å². The highest BCUT2D eigenvalue weighted by Gasteiger charge is 2.13. The third kappa shape index (κ3) is 2.13. The molecular formula is C14H12F2N4. The Labute approximate surface area is 114 Å². The van der Waals surface area contributed by atoms with Crippen molar-refractivity contribution in [1.29, 1.82) is 0 Å². The first-order valence-electron chi connectivity index (χ1n) is 6.28. The summed E-state index contributed by atoms with van der Waals surface area (Å²) in [5, 5.41) is 5.05. The molecule has 102 valence electrons. The van der Waals surface area contributed by atoms with E-state index < -0.39 is 11.6 Å². The summed E-state index contributed by atoms with van der Waals surface area (Å²) in [5.41, 5.74) is 1.78. The molecule has 0 N–H and O–H groups in total. The molecule has 3 heterocycles. The maximum absolute atomic E-state index is 13.6. The first-order valence-corrected chi connectivity index (χ1v) is 6.28. The minimum absolute atomic E-state index is 0.240. The van der Waals surface area contributed by atoms with Crippen LogP contribution in [0.25, 0.3) is 11.0 Å². The Morgan fingerprint density at radius 1 is 1.25 bits per heavy atom. The van der Waals surface area contributed by atoms with Gasteiger partial charge >= 0.3 is 0 Å². The zero-order valence-electron chi connectivity index (χ0n) is 10.8. The summed E-state index contributed by atoms with van der Waals surface area (Å²) in [6, 6.07) is 3.01. The topological polar surface area (TPSA) is 43.6 Å². The van der Waals surface area contributed by atoms with Gasteiger partial charge in [-0.15, -0.1) is 0 Å². The van der Waals surface area contributed by atoms with Crippen molar-refractivity contribution in [3.63, 3.8) is 0 Å². The van der Waals surface area contributed by atoms with Gasteiger partial charge in [-0.05, 0) is 18.6 Å². The minimum atomic E-state index is -0.401. The Kier molecular flexibility index (Phi) is 3.14. The van der Waals surface area contributed by atoms with Crippen molar-refractivity contribution in [3.8, 4) is 0 Å². The molecule has 0 radical (unpaired) electrons. The smallest absolute Gasteiger partial charge is 0.158 e. The predicted molar refractivity (Wildman–Crippen MR) is 70.2 cm³/mol. The molecule has 0 spiro atoms. The standard InChI is InChI=1S/C14H12F2N4/c1-2-13-11-5-10(15)6-18-14(11)20(19-13)8-9-3-4-17-7-12(9)16/h3-7H,2,8H2,1H3. The lowest BCUT2D eigenvalue weighted by Crippen LogP contribution is -2.05. The van der Waals surface area contributed by atoms with Crippen LogP contribution in [0.5, 0.6) is 0 Å². The summed E-state index contributed by atoms with van der Waals surface area (Å²) < 4.78 is 28.5. The molecule has 0 saturated carbocycles. The van der Waals surface area contributed by atoms with Crippen LogP contribution in [-0.2, 0) is 13.0 Å². The molecule has 0 atom stereocenters. The molecule has 6 heteroatoms. The molecule has 3 aromatic rings. The highest BCUT2D eigenvalue weighted by Crippen LogP contribution is 2.19. The fraction of sp³-hybridized carbons (Fsp3) is 0.214. The number of hydrogen-bond acceptors (Lipinski definition) is 3. The third-order valence-corrected chi connectivity index (χ3v) is 3.14. The van der Waals surface area contributed by atoms with Crippen LogP contribution in [0.2, 0.25) is 0 Å². The molecule has 0 aliphatic rings. The van der Waals surface area contributed by atoms with Gasteiger partial charge in [0.1, 0.15) is 11.6 Å². The van der Waals surface area contributed by atoms with Crippen LogP contribution in [0.1, 0.15) is 18.2 Å². The van der Waals surface area contributed by atoms with Crippen molar-refractivity contribution in [1.82, 2.24) is 19.7 Å². The monoisotopic (exact) mass is 274 g/mol. The SMILES string of the molecule is CCc1nn(Cc2ccncc2F)c2ncc(F)cc12. The van der Waals surface area contributed by atoms with Gasteiger partial charge in [0.15, 0.2) is 5.65 Å². The van der Waals surface area contributed by atoms with E-state index >= 15 is 0 Å². The number of aromatic nitrogens is 4. The first kappa shape index (κ1) is 12.7. The minimum Gasteiger partial charge on any atom is -0.262 e. The largest absolute Gasteiger partial charge is 0.262 e. The van der Waals surface area contributed by atoms with E-state index in [1.165, 1.54) is 12.3 Å². The van der Waals surface area contributed by atoms with Crippen molar-refractivity contribution in [2.75, 3.05) is 0 Å². The van der Waals surface area contributed by atoms with Gasteiger partial charge < -0.3 is 0 Å². The molecule has 0 aromatic carbocycles. The summed E-state index contributed by atoms with van der Waals surface area (Å²) in [5.74, 6) is -0.793. The summed E-state index contributed by atoms with van der Waals surface area (Å²) >= 11 is 0. The molecule has 0 aliphatic carbocycles. The van der Waals surface area contributed by atoms with Crippen LogP contribution in [0, 0.1) is 11.6 Å². The van der Waals surface area contributed by atoms with Gasteiger partial charge in [-0.25, -0.2) is 18.4 Å². The van der Waals surface area contributed by atoms with Gasteiger partial charge in [0.2, 0.25) is 0 Å². The maximum atomic E-state index is 13.6. The molecule has 20 heavy (non-hydrogen) atoms. The Hall–Kier alpha value is -2.37. The van der Waals surface area contributed by atoms with Gasteiger partial charge in [-0.3, -0.25) is 4.98 Å². The summed E-state index contributed by atoms with van der Waals surface area (Å²) in [6.45, 7) is 2.17. The van der Waals surface area contributed by atoms with Crippen LogP contribution in [-0.4, -0.2) is 19.7 Å². The Bertz CT molecular complexity index is 767. The van der Waals surface area contributed by atoms with Crippen molar-refractivity contribution < 1.29 is 8.78 Å². The highest BCUT2D eigenvalue weighted by molar-refractivity contribution is 5.78. The Morgan fingerprint density at radius 3 is 2.85 bits per heavy atom. The van der Waals surface area contributed by atoms with E-state index in [1.807, 2.05) is 6.92 Å². The molecular weight excluding hydrogens is 262 g/mol. The van der Waals surface area contributed by atoms with Gasteiger partial charge in [0.25, 0.3) is 0 Å². The normalized spacial score (nSPS) is 11.2. The molecule has 0 aliphatic heterocycles. The average Bonchev–Trinajstić information content (AvgIpc) is 2.78. The number of halogens is 2. The third-order valence-electron chi connectivity index (χ3n) is 3.14. The first-order chi connectivity index (χ1) is 9.69. The van der Waals surface area contributed by atoms with E-state index in [1.54, 1.807) is 10.7 Å². The van der Waals surface area contributed by atoms with Gasteiger partial charge in [0.05, 0.1) is 24.6 Å². The van der Waals surface area contributed by atoms with Gasteiger partial charge in [-0.1, -0.05) is 6.92 Å². The van der Waals surface area contributed by atoms with Crippen LogP contribution in [0.3, 0.4) is 0 Å². The maximum Gasteiger partial charge on any atom is 0.158 e. The quantitative estimate of drug-likeness (QED) is 0.737. The van der Waals surface area contributed by atoms with E-state index in [2.05, 4.69) is 15.1 Å². The Morgan fingerprint density at radius 2 is 2.10 bits per heavy atom. The lowest BCUT2D eigenvalue weighted by atomic mass is 10.2. The predicted octanol–water partition coefficient (Wildman–Crippen LogP) is 2.72. The van der Waals surface area contributed by atoms with Crippen molar-refractivity contribution in [2.24, 2.45) is 0 Å². The zero-order chi connectivity index (χ0) is 14.1. The molecule has 3 rings (SSSR count). The van der Waals surface area contributed by atoms with E-state index in [9.17, 15) is 8.78 Å². The van der Waals surface area contributed by atoms with Crippen LogP contribution in [0.4, 0.5) is 8.78 Å². The van der Waals surface area contributed by atoms with Crippen LogP contribution < -0.4 is 0 Å². The fourth-order valence-corrected chi connectivity index (χ4v) is 2.16. The Balaban J connectivity index is 2.10. The zero-order valence-corrected chi connectivity index (χ0v) is 10.8. The molecule has 0 amide bonds. The van der Waals surface area contributed by atoms with E-state index in [-0.39, 0.29) is 6.54 Å². The summed E-state index contributed by atoms with van der Waals surface area (Å²) in [6.07, 6.45) is 4.49. The van der Waals surface area contributed by atoms with Crippen molar-refractivity contribution in [3.05, 3.63) is 53.6 Å². The molecule has 3 aromatic heterocycles. The van der Waals surface area contributed by atoms with Crippen molar-refractivity contribution >= 4 is 11.0 Å². The summed E-state index contributed by atoms with van der Waals surface area (Å²) in [4.78, 5) is 7.77. The van der Waals surface area contributed by atoms with Crippen molar-refractivity contribution in [2.45, 2.75) is 19.9 Å². The number of hydrogen-bond donors (Lipinski definition) is 0. The molecule has 0 fully saturated rings. The van der Waals surface area contributed by atoms with E-state index in [0.29, 0.717) is 23.0 Å². The summed E-state index contributed by atoms with van der Waals surface area (Å²) in [7, 11) is 0. The number of fused-ring (bicyclic) bond motifs is 1. The van der Waals surface area contributed by atoms with Gasteiger partial charge in [0, 0.05) is 17.1 Å². The second kappa shape index (κ2) is 4.96. The second-order valence-corrected chi connectivity index (χ2v) is 4.45. The van der Waals surface area contributed by atoms with Gasteiger partial charge in [-0.2, -0.15) is 5.10 Å². The van der Waals surface area contributed by atoms with Crippen LogP contribution >= 0.6 is 0 Å². The average molecular weight is 274 g/mol. The highest BCUT2D eigenvalue weighted by atomic mass is 19.1. The number of nitrogens with zero attached hydrogens (tertiary/aromatic N) is 4. The fourth-order valence-electron chi connectivity index (χ4n) is 2.16. The molecule has 0 bridgehead atoms. The second-order valence-electron chi connectivity index (χ2n) is 4.45. The lowest BCUT2D eigenvalue weighted by molar-refractivity contribution is 0.581. The number of aryl methyl sites for hydroxylation is 1. The lowest BCUT2D eigenvalue weighted by Gasteiger charge is -2.03. The molecule has 0 saturated heterocycles. The van der Waals surface area contributed by atoms with Crippen LogP contribution in [0.15, 0.2) is 30.7 Å². The van der Waals surface area contributed by atoms with E-state index in [4.69, 9.17) is 0 Å². The number of pyridine rings is 2. The molecule has 0 unspecified atom stereocenters. The number of rotatable bonds is 3.